The van der Waals surface area contributed by atoms with Crippen LogP contribution in [0.25, 0.3) is 0 Å². The molecular formula is O5SeTb2. The molecule has 0 aliphatic heterocycles. The zero-order valence-corrected chi connectivity index (χ0v) is 9.11. The minimum absolute atomic E-state index is 0. The average Bonchev–Trinajstić information content (AvgIpc) is 0.811. The van der Waals surface area contributed by atoms with Gasteiger partial charge >= 0.3 is 104 Å². The average molecular weight is 477 g/mol. The molecule has 0 N–H and O–H groups in total. The summed E-state index contributed by atoms with van der Waals surface area (Å²) in [5.41, 5.74) is 0. The second kappa shape index (κ2) is 22.6. The van der Waals surface area contributed by atoms with Crippen molar-refractivity contribution in [3.05, 3.63) is 0 Å². The van der Waals surface area contributed by atoms with Crippen LogP contribution in [0.3, 0.4) is 0 Å². The molecule has 0 fully saturated rings. The predicted molar refractivity (Wildman–Crippen MR) is 7.81 cm³/mol. The van der Waals surface area contributed by atoms with Crippen molar-refractivity contribution in [1.29, 1.82) is 0 Å². The van der Waals surface area contributed by atoms with Crippen molar-refractivity contribution in [3.63, 3.8) is 0 Å². The smallest absolute Gasteiger partial charge is 2.00 e. The van der Waals surface area contributed by atoms with Gasteiger partial charge < -0.3 is 11.0 Å². The van der Waals surface area contributed by atoms with Crippen LogP contribution in [0.4, 0.5) is 0 Å². The standard InChI is InChI=1S/H2O3Se.2O.2Tb/c1-4(2)3;;;;/h(H2,1,2,3);;;;/q;2*-2;2*+3/p-2. The van der Waals surface area contributed by atoms with Gasteiger partial charge in [0.25, 0.3) is 0 Å². The fourth-order valence-corrected chi connectivity index (χ4v) is 0. The summed E-state index contributed by atoms with van der Waals surface area (Å²) in [6.07, 6.45) is 0. The molecule has 0 saturated carbocycles. The summed E-state index contributed by atoms with van der Waals surface area (Å²) in [7, 11) is 0. The van der Waals surface area contributed by atoms with Gasteiger partial charge in [-0.3, -0.25) is 0 Å². The largest absolute Gasteiger partial charge is 3.00 e. The second-order valence-electron chi connectivity index (χ2n) is 0.204. The molecular weight excluding hydrogens is 477 g/mol. The van der Waals surface area contributed by atoms with Crippen LogP contribution in [0, 0.1) is 77.2 Å². The molecule has 0 bridgehead atoms. The summed E-state index contributed by atoms with van der Waals surface area (Å²) in [6.45, 7) is 0. The number of rotatable bonds is 0. The van der Waals surface area contributed by atoms with E-state index in [2.05, 4.69) is 0 Å². The van der Waals surface area contributed by atoms with Crippen molar-refractivity contribution in [2.45, 2.75) is 0 Å². The first-order valence-corrected chi connectivity index (χ1v) is 2.60. The van der Waals surface area contributed by atoms with E-state index in [9.17, 15) is 0 Å². The Balaban J connectivity index is -0.00000000750. The normalized spacial score (nSPS) is 4.38. The zero-order valence-electron chi connectivity index (χ0n) is 3.12. The van der Waals surface area contributed by atoms with Gasteiger partial charge in [-0.25, -0.2) is 0 Å². The van der Waals surface area contributed by atoms with E-state index in [1.165, 1.54) is 0 Å². The Bertz CT molecular complexity index is 33.4. The predicted octanol–water partition coefficient (Wildman–Crippen LogP) is -3.12. The topological polar surface area (TPSA) is 120 Å². The number of hydrogen-bond donors (Lipinski definition) is 0. The molecule has 0 atom stereocenters. The Labute approximate surface area is 112 Å². The molecule has 0 spiro atoms. The molecule has 0 saturated heterocycles. The van der Waals surface area contributed by atoms with E-state index in [0.717, 1.165) is 0 Å². The van der Waals surface area contributed by atoms with Crippen molar-refractivity contribution in [2.75, 3.05) is 0 Å². The quantitative estimate of drug-likeness (QED) is 0.344. The van der Waals surface area contributed by atoms with E-state index < -0.39 is 14.5 Å². The third-order valence-electron chi connectivity index (χ3n) is 0. The molecule has 0 unspecified atom stereocenters. The molecule has 54 valence electrons. The van der Waals surface area contributed by atoms with Gasteiger partial charge in [-0.1, -0.05) is 0 Å². The van der Waals surface area contributed by atoms with Crippen LogP contribution in [-0.2, 0) is 14.8 Å². The van der Waals surface area contributed by atoms with Gasteiger partial charge in [0.05, 0.1) is 0 Å². The summed E-state index contributed by atoms with van der Waals surface area (Å²) in [5.74, 6) is 0. The molecule has 0 amide bonds. The maximum Gasteiger partial charge on any atom is 3.00 e. The maximum absolute atomic E-state index is 8.54. The van der Waals surface area contributed by atoms with Crippen LogP contribution in [-0.4, -0.2) is 14.5 Å². The minimum Gasteiger partial charge on any atom is -2.00 e. The third-order valence-corrected chi connectivity index (χ3v) is 0. The summed E-state index contributed by atoms with van der Waals surface area (Å²) in [6, 6.07) is 0. The summed E-state index contributed by atoms with van der Waals surface area (Å²) >= 11 is -3.79. The van der Waals surface area contributed by atoms with Crippen LogP contribution in [0.5, 0.6) is 0 Å². The van der Waals surface area contributed by atoms with Crippen molar-refractivity contribution in [1.82, 2.24) is 0 Å². The van der Waals surface area contributed by atoms with E-state index in [0.29, 0.717) is 0 Å². The van der Waals surface area contributed by atoms with Crippen LogP contribution >= 0.6 is 0 Å². The van der Waals surface area contributed by atoms with Gasteiger partial charge in [0, 0.05) is 0 Å². The van der Waals surface area contributed by atoms with E-state index in [1.54, 1.807) is 0 Å². The van der Waals surface area contributed by atoms with Crippen molar-refractivity contribution in [3.8, 4) is 0 Å². The zero-order chi connectivity index (χ0) is 3.58. The van der Waals surface area contributed by atoms with Crippen LogP contribution < -0.4 is 8.38 Å². The molecule has 8 heteroatoms. The fraction of sp³-hybridized carbons (Fsp3) is 0. The SMILES string of the molecule is O=[Se]([O-])[O-].[O-2].[O-2].[Tb+3].[Tb+3]. The van der Waals surface area contributed by atoms with E-state index in [4.69, 9.17) is 12.2 Å². The molecule has 8 heavy (non-hydrogen) atoms. The van der Waals surface area contributed by atoms with Crippen molar-refractivity contribution in [2.24, 2.45) is 0 Å². The second-order valence-corrected chi connectivity index (χ2v) is 1.06. The molecule has 0 radical (unpaired) electrons. The Morgan fingerprint density at radius 1 is 1.00 bits per heavy atom. The van der Waals surface area contributed by atoms with Crippen LogP contribution in [0.1, 0.15) is 0 Å². The Hall–Kier alpha value is 2.73. The molecule has 0 aromatic rings. The van der Waals surface area contributed by atoms with Crippen LogP contribution in [0.15, 0.2) is 0 Å². The van der Waals surface area contributed by atoms with Crippen LogP contribution in [0.2, 0.25) is 0 Å². The molecule has 5 nitrogen and oxygen atoms in total. The first-order valence-electron chi connectivity index (χ1n) is 0.500. The fourth-order valence-electron chi connectivity index (χ4n) is 0. The van der Waals surface area contributed by atoms with Gasteiger partial charge in [0.15, 0.2) is 0 Å². The first kappa shape index (κ1) is 30.9. The molecule has 0 aliphatic rings. The molecule has 0 rings (SSSR count). The maximum atomic E-state index is 8.54. The minimum atomic E-state index is -3.79. The first-order chi connectivity index (χ1) is 1.73. The molecule has 0 aliphatic carbocycles. The third kappa shape index (κ3) is 70.0. The Morgan fingerprint density at radius 3 is 1.00 bits per heavy atom. The van der Waals surface area contributed by atoms with Gasteiger partial charge in [0.2, 0.25) is 0 Å². The summed E-state index contributed by atoms with van der Waals surface area (Å²) in [5, 5.41) is 0. The Kier molecular flexibility index (Phi) is 87.3. The Morgan fingerprint density at radius 2 is 1.00 bits per heavy atom. The van der Waals surface area contributed by atoms with Gasteiger partial charge in [-0.2, -0.15) is 0 Å². The molecule has 0 aromatic heterocycles. The van der Waals surface area contributed by atoms with Gasteiger partial charge in [0.1, 0.15) is 0 Å². The van der Waals surface area contributed by atoms with E-state index in [-0.39, 0.29) is 88.2 Å². The number of hydrogen-bond acceptors (Lipinski definition) is 3. The summed E-state index contributed by atoms with van der Waals surface area (Å²) in [4.78, 5) is 0. The van der Waals surface area contributed by atoms with Gasteiger partial charge in [-0.05, 0) is 0 Å². The molecule has 0 aromatic carbocycles. The van der Waals surface area contributed by atoms with Crippen molar-refractivity contribution < 1.29 is 100 Å². The van der Waals surface area contributed by atoms with E-state index in [1.807, 2.05) is 0 Å². The summed E-state index contributed by atoms with van der Waals surface area (Å²) < 4.78 is 25.6. The van der Waals surface area contributed by atoms with Crippen molar-refractivity contribution >= 4 is 14.5 Å². The van der Waals surface area contributed by atoms with Gasteiger partial charge in [-0.15, -0.1) is 0 Å². The molecule has 0 heterocycles. The van der Waals surface area contributed by atoms with E-state index >= 15 is 0 Å². The monoisotopic (exact) mass is 478 g/mol.